The SMILES string of the molecule is Cl.Cl.Oc1ccc([Te]c2ccccc2)cc1. The molecule has 0 aliphatic carbocycles. The van der Waals surface area contributed by atoms with E-state index in [1.807, 2.05) is 18.2 Å². The zero-order valence-electron chi connectivity index (χ0n) is 8.37. The van der Waals surface area contributed by atoms with Crippen molar-refractivity contribution in [3.8, 4) is 5.75 Å². The van der Waals surface area contributed by atoms with Crippen molar-refractivity contribution < 1.29 is 5.11 Å². The molecule has 0 saturated carbocycles. The van der Waals surface area contributed by atoms with Crippen LogP contribution in [0.3, 0.4) is 0 Å². The van der Waals surface area contributed by atoms with E-state index < -0.39 is 0 Å². The molecule has 4 heteroatoms. The van der Waals surface area contributed by atoms with Crippen LogP contribution in [-0.2, 0) is 0 Å². The van der Waals surface area contributed by atoms with E-state index in [9.17, 15) is 0 Å². The topological polar surface area (TPSA) is 20.2 Å². The second kappa shape index (κ2) is 7.81. The van der Waals surface area contributed by atoms with Crippen molar-refractivity contribution >= 4 is 53.0 Å². The van der Waals surface area contributed by atoms with E-state index in [0.29, 0.717) is 5.75 Å². The number of hydrogen-bond acceptors (Lipinski definition) is 1. The van der Waals surface area contributed by atoms with Gasteiger partial charge in [0.25, 0.3) is 0 Å². The average molecular weight is 371 g/mol. The number of hydrogen-bond donors (Lipinski definition) is 1. The fourth-order valence-electron chi connectivity index (χ4n) is 1.14. The van der Waals surface area contributed by atoms with E-state index in [4.69, 9.17) is 5.11 Å². The third-order valence-electron chi connectivity index (χ3n) is 1.82. The van der Waals surface area contributed by atoms with Gasteiger partial charge in [-0.1, -0.05) is 0 Å². The summed E-state index contributed by atoms with van der Waals surface area (Å²) >= 11 is -0.279. The molecule has 2 aromatic carbocycles. The molecule has 2 aromatic rings. The monoisotopic (exact) mass is 372 g/mol. The maximum atomic E-state index is 9.14. The van der Waals surface area contributed by atoms with Crippen LogP contribution in [0.15, 0.2) is 54.6 Å². The van der Waals surface area contributed by atoms with Crippen LogP contribution >= 0.6 is 24.8 Å². The molecule has 2 rings (SSSR count). The van der Waals surface area contributed by atoms with Crippen molar-refractivity contribution in [3.05, 3.63) is 54.6 Å². The average Bonchev–Trinajstić information content (AvgIpc) is 2.23. The Morgan fingerprint density at radius 2 is 1.19 bits per heavy atom. The Morgan fingerprint density at radius 3 is 1.75 bits per heavy atom. The molecule has 0 aromatic heterocycles. The van der Waals surface area contributed by atoms with Gasteiger partial charge in [-0.2, -0.15) is 0 Å². The number of rotatable bonds is 2. The first-order chi connectivity index (χ1) is 6.84. The molecule has 0 aliphatic rings. The zero-order chi connectivity index (χ0) is 9.80. The van der Waals surface area contributed by atoms with Crippen LogP contribution in [0.2, 0.25) is 0 Å². The molecule has 16 heavy (non-hydrogen) atoms. The predicted molar refractivity (Wildman–Crippen MR) is 74.1 cm³/mol. The van der Waals surface area contributed by atoms with Gasteiger partial charge in [-0.05, 0) is 0 Å². The molecule has 0 spiro atoms. The molecule has 0 heterocycles. The minimum atomic E-state index is -0.279. The van der Waals surface area contributed by atoms with Crippen molar-refractivity contribution in [2.75, 3.05) is 0 Å². The van der Waals surface area contributed by atoms with Crippen LogP contribution in [-0.4, -0.2) is 26.0 Å². The van der Waals surface area contributed by atoms with Gasteiger partial charge in [-0.15, -0.1) is 24.8 Å². The summed E-state index contributed by atoms with van der Waals surface area (Å²) < 4.78 is 2.77. The number of aromatic hydroxyl groups is 1. The molecule has 0 atom stereocenters. The van der Waals surface area contributed by atoms with Gasteiger partial charge in [0.05, 0.1) is 0 Å². The molecule has 0 radical (unpaired) electrons. The molecule has 0 unspecified atom stereocenters. The van der Waals surface area contributed by atoms with Crippen molar-refractivity contribution in [2.45, 2.75) is 0 Å². The summed E-state index contributed by atoms with van der Waals surface area (Å²) in [6.45, 7) is 0. The van der Waals surface area contributed by atoms with Crippen molar-refractivity contribution in [3.63, 3.8) is 0 Å². The molecule has 0 amide bonds. The Kier molecular flexibility index (Phi) is 7.62. The summed E-state index contributed by atoms with van der Waals surface area (Å²) in [6.07, 6.45) is 0. The van der Waals surface area contributed by atoms with E-state index in [-0.39, 0.29) is 45.7 Å². The van der Waals surface area contributed by atoms with Gasteiger partial charge in [-0.3, -0.25) is 0 Å². The second-order valence-electron chi connectivity index (χ2n) is 2.91. The Bertz CT molecular complexity index is 403. The Hall–Kier alpha value is -0.390. The van der Waals surface area contributed by atoms with Gasteiger partial charge in [-0.25, -0.2) is 0 Å². The van der Waals surface area contributed by atoms with E-state index in [1.165, 1.54) is 7.22 Å². The molecule has 0 bridgehead atoms. The van der Waals surface area contributed by atoms with Crippen molar-refractivity contribution in [2.24, 2.45) is 0 Å². The number of phenolic OH excluding ortho intramolecular Hbond substituents is 1. The van der Waals surface area contributed by atoms with E-state index >= 15 is 0 Å². The van der Waals surface area contributed by atoms with Gasteiger partial charge >= 0.3 is 93.6 Å². The number of halogens is 2. The van der Waals surface area contributed by atoms with Crippen LogP contribution in [0.25, 0.3) is 0 Å². The van der Waals surface area contributed by atoms with Gasteiger partial charge < -0.3 is 0 Å². The molecule has 0 aliphatic heterocycles. The third-order valence-corrected chi connectivity index (χ3v) is 4.71. The summed E-state index contributed by atoms with van der Waals surface area (Å²) in [5, 5.41) is 9.14. The number of phenols is 1. The molecular formula is C12H12Cl2OTe. The van der Waals surface area contributed by atoms with Crippen LogP contribution in [0.4, 0.5) is 0 Å². The van der Waals surface area contributed by atoms with Gasteiger partial charge in [0.1, 0.15) is 0 Å². The summed E-state index contributed by atoms with van der Waals surface area (Å²) in [7, 11) is 0. The van der Waals surface area contributed by atoms with Gasteiger partial charge in [0, 0.05) is 0 Å². The Balaban J connectivity index is 0.00000112. The Morgan fingerprint density at radius 1 is 0.688 bits per heavy atom. The van der Waals surface area contributed by atoms with Crippen LogP contribution in [0, 0.1) is 0 Å². The zero-order valence-corrected chi connectivity index (χ0v) is 12.3. The standard InChI is InChI=1S/C12H10OTe.2ClH/c13-10-6-8-12(9-7-10)14-11-4-2-1-3-5-11;;/h1-9,13H;2*1H. The van der Waals surface area contributed by atoms with Crippen molar-refractivity contribution in [1.29, 1.82) is 0 Å². The van der Waals surface area contributed by atoms with Gasteiger partial charge in [0.2, 0.25) is 0 Å². The first-order valence-electron chi connectivity index (χ1n) is 4.36. The first-order valence-corrected chi connectivity index (χ1v) is 6.69. The fraction of sp³-hybridized carbons (Fsp3) is 0. The van der Waals surface area contributed by atoms with E-state index in [2.05, 4.69) is 24.3 Å². The van der Waals surface area contributed by atoms with Crippen molar-refractivity contribution in [1.82, 2.24) is 0 Å². The normalized spacial score (nSPS) is 8.75. The minimum absolute atomic E-state index is 0. The molecule has 0 fully saturated rings. The quantitative estimate of drug-likeness (QED) is 0.801. The third kappa shape index (κ3) is 4.63. The summed E-state index contributed by atoms with van der Waals surface area (Å²) in [6, 6.07) is 18.0. The molecular weight excluding hydrogens is 359 g/mol. The Labute approximate surface area is 118 Å². The molecule has 86 valence electrons. The first kappa shape index (κ1) is 15.6. The van der Waals surface area contributed by atoms with Crippen LogP contribution < -0.4 is 7.22 Å². The van der Waals surface area contributed by atoms with Gasteiger partial charge in [0.15, 0.2) is 0 Å². The summed E-state index contributed by atoms with van der Waals surface area (Å²) in [5.41, 5.74) is 0. The number of benzene rings is 2. The summed E-state index contributed by atoms with van der Waals surface area (Å²) in [5.74, 6) is 0.342. The summed E-state index contributed by atoms with van der Waals surface area (Å²) in [4.78, 5) is 0. The van der Waals surface area contributed by atoms with Crippen LogP contribution in [0.1, 0.15) is 0 Å². The molecule has 0 saturated heterocycles. The molecule has 1 N–H and O–H groups in total. The predicted octanol–water partition coefficient (Wildman–Crippen LogP) is 1.89. The van der Waals surface area contributed by atoms with E-state index in [1.54, 1.807) is 12.1 Å². The maximum absolute atomic E-state index is 9.14. The second-order valence-corrected chi connectivity index (χ2v) is 6.18. The van der Waals surface area contributed by atoms with E-state index in [0.717, 1.165) is 0 Å². The fourth-order valence-corrected chi connectivity index (χ4v) is 3.53. The molecule has 1 nitrogen and oxygen atoms in total. The van der Waals surface area contributed by atoms with Crippen LogP contribution in [0.5, 0.6) is 5.75 Å².